The lowest BCUT2D eigenvalue weighted by molar-refractivity contribution is -0.142. The van der Waals surface area contributed by atoms with Crippen LogP contribution in [-0.4, -0.2) is 27.2 Å². The van der Waals surface area contributed by atoms with Gasteiger partial charge in [-0.3, -0.25) is 9.20 Å². The normalized spacial score (nSPS) is 12.8. The zero-order valence-corrected chi connectivity index (χ0v) is 12.1. The first-order chi connectivity index (χ1) is 8.69. The van der Waals surface area contributed by atoms with Gasteiger partial charge in [0, 0.05) is 28.8 Å². The van der Waals surface area contributed by atoms with Gasteiger partial charge in [-0.05, 0) is 6.92 Å². The molecule has 2 heterocycles. The van der Waals surface area contributed by atoms with E-state index in [4.69, 9.17) is 4.74 Å². The van der Waals surface area contributed by atoms with E-state index < -0.39 is 0 Å². The third-order valence-corrected chi connectivity index (χ3v) is 4.39. The number of thiazole rings is 1. The number of rotatable bonds is 6. The van der Waals surface area contributed by atoms with Crippen molar-refractivity contribution < 1.29 is 9.53 Å². The molecule has 1 atom stereocenters. The van der Waals surface area contributed by atoms with Crippen LogP contribution in [0.4, 0.5) is 0 Å². The number of carbonyl (C=O) groups is 1. The topological polar surface area (TPSA) is 43.6 Å². The van der Waals surface area contributed by atoms with Crippen molar-refractivity contribution in [1.82, 2.24) is 9.38 Å². The van der Waals surface area contributed by atoms with Crippen LogP contribution >= 0.6 is 23.1 Å². The van der Waals surface area contributed by atoms with Crippen molar-refractivity contribution >= 4 is 34.0 Å². The van der Waals surface area contributed by atoms with Crippen LogP contribution in [0.1, 0.15) is 26.0 Å². The van der Waals surface area contributed by atoms with E-state index >= 15 is 0 Å². The summed E-state index contributed by atoms with van der Waals surface area (Å²) in [6.07, 6.45) is 4.50. The number of thioether (sulfide) groups is 1. The van der Waals surface area contributed by atoms with Crippen LogP contribution in [0.25, 0.3) is 4.96 Å². The van der Waals surface area contributed by atoms with Crippen LogP contribution in [0.5, 0.6) is 0 Å². The highest BCUT2D eigenvalue weighted by Crippen LogP contribution is 2.21. The maximum Gasteiger partial charge on any atom is 0.306 e. The molecular formula is C12H16N2O2S2. The number of nitrogens with zero attached hydrogens (tertiary/aromatic N) is 2. The minimum atomic E-state index is -0.122. The second kappa shape index (κ2) is 6.24. The molecule has 0 amide bonds. The highest BCUT2D eigenvalue weighted by molar-refractivity contribution is 7.99. The molecule has 0 bridgehead atoms. The predicted octanol–water partition coefficient (Wildman–Crippen LogP) is 2.97. The second-order valence-electron chi connectivity index (χ2n) is 3.96. The van der Waals surface area contributed by atoms with Crippen molar-refractivity contribution in [3.8, 4) is 0 Å². The number of imidazole rings is 1. The Morgan fingerprint density at radius 3 is 3.22 bits per heavy atom. The van der Waals surface area contributed by atoms with Gasteiger partial charge in [-0.25, -0.2) is 4.98 Å². The summed E-state index contributed by atoms with van der Waals surface area (Å²) in [6.45, 7) is 4.32. The standard InChI is InChI=1S/C12H16N2O2S2/c1-3-16-11(15)6-9(2)18-8-10-7-14-4-5-17-12(14)13-10/h4-5,7,9H,3,6,8H2,1-2H3. The Morgan fingerprint density at radius 2 is 2.50 bits per heavy atom. The van der Waals surface area contributed by atoms with Crippen LogP contribution in [0, 0.1) is 0 Å². The van der Waals surface area contributed by atoms with Crippen LogP contribution in [0.15, 0.2) is 17.8 Å². The summed E-state index contributed by atoms with van der Waals surface area (Å²) in [5.74, 6) is 0.706. The van der Waals surface area contributed by atoms with Gasteiger partial charge in [0.1, 0.15) is 0 Å². The maximum absolute atomic E-state index is 11.3. The number of fused-ring (bicyclic) bond motifs is 1. The van der Waals surface area contributed by atoms with Gasteiger partial charge in [0.15, 0.2) is 4.96 Å². The summed E-state index contributed by atoms with van der Waals surface area (Å²) in [5, 5.41) is 2.27. The van der Waals surface area contributed by atoms with Gasteiger partial charge in [0.05, 0.1) is 18.7 Å². The van der Waals surface area contributed by atoms with Crippen molar-refractivity contribution in [1.29, 1.82) is 0 Å². The Balaban J connectivity index is 1.80. The Morgan fingerprint density at radius 1 is 1.67 bits per heavy atom. The monoisotopic (exact) mass is 284 g/mol. The summed E-state index contributed by atoms with van der Waals surface area (Å²) in [7, 11) is 0. The summed E-state index contributed by atoms with van der Waals surface area (Å²) >= 11 is 3.36. The molecule has 2 aromatic heterocycles. The largest absolute Gasteiger partial charge is 0.466 e. The molecule has 0 saturated carbocycles. The lowest BCUT2D eigenvalue weighted by Gasteiger charge is -2.09. The SMILES string of the molecule is CCOC(=O)CC(C)SCc1cn2ccsc2n1. The number of carbonyl (C=O) groups excluding carboxylic acids is 1. The molecule has 4 nitrogen and oxygen atoms in total. The molecule has 0 N–H and O–H groups in total. The van der Waals surface area contributed by atoms with Crippen molar-refractivity contribution in [3.05, 3.63) is 23.5 Å². The van der Waals surface area contributed by atoms with Crippen LogP contribution in [0.2, 0.25) is 0 Å². The van der Waals surface area contributed by atoms with Gasteiger partial charge in [-0.1, -0.05) is 6.92 Å². The zero-order valence-electron chi connectivity index (χ0n) is 10.5. The van der Waals surface area contributed by atoms with Gasteiger partial charge >= 0.3 is 5.97 Å². The quantitative estimate of drug-likeness (QED) is 0.765. The van der Waals surface area contributed by atoms with E-state index in [9.17, 15) is 4.79 Å². The Kier molecular flexibility index (Phi) is 4.66. The number of ether oxygens (including phenoxy) is 1. The van der Waals surface area contributed by atoms with Crippen LogP contribution in [0.3, 0.4) is 0 Å². The minimum Gasteiger partial charge on any atom is -0.466 e. The fourth-order valence-corrected chi connectivity index (χ4v) is 3.15. The molecule has 2 aromatic rings. The molecule has 0 aromatic carbocycles. The molecule has 0 spiro atoms. The van der Waals surface area contributed by atoms with Crippen LogP contribution < -0.4 is 0 Å². The number of aromatic nitrogens is 2. The van der Waals surface area contributed by atoms with E-state index in [-0.39, 0.29) is 11.2 Å². The molecule has 0 aliphatic heterocycles. The number of esters is 1. The van der Waals surface area contributed by atoms with E-state index in [0.29, 0.717) is 13.0 Å². The molecule has 0 aliphatic carbocycles. The molecule has 0 saturated heterocycles. The molecular weight excluding hydrogens is 268 g/mol. The lowest BCUT2D eigenvalue weighted by Crippen LogP contribution is -2.10. The van der Waals surface area contributed by atoms with Gasteiger partial charge in [0.2, 0.25) is 0 Å². The van der Waals surface area contributed by atoms with Gasteiger partial charge < -0.3 is 4.74 Å². The minimum absolute atomic E-state index is 0.122. The summed E-state index contributed by atoms with van der Waals surface area (Å²) < 4.78 is 6.95. The average Bonchev–Trinajstić information content (AvgIpc) is 2.86. The predicted molar refractivity (Wildman–Crippen MR) is 75.1 cm³/mol. The van der Waals surface area contributed by atoms with Crippen molar-refractivity contribution in [2.24, 2.45) is 0 Å². The van der Waals surface area contributed by atoms with Crippen LogP contribution in [-0.2, 0) is 15.3 Å². The third-order valence-electron chi connectivity index (χ3n) is 2.42. The second-order valence-corrected chi connectivity index (χ2v) is 6.26. The molecule has 18 heavy (non-hydrogen) atoms. The smallest absolute Gasteiger partial charge is 0.306 e. The molecule has 0 fully saturated rings. The van der Waals surface area contributed by atoms with E-state index in [1.54, 1.807) is 23.1 Å². The Labute approximate surface area is 114 Å². The van der Waals surface area contributed by atoms with Crippen molar-refractivity contribution in [3.63, 3.8) is 0 Å². The molecule has 98 valence electrons. The number of hydrogen-bond acceptors (Lipinski definition) is 5. The Bertz CT molecular complexity index is 492. The zero-order chi connectivity index (χ0) is 13.0. The maximum atomic E-state index is 11.3. The molecule has 1 unspecified atom stereocenters. The fraction of sp³-hybridized carbons (Fsp3) is 0.500. The highest BCUT2D eigenvalue weighted by atomic mass is 32.2. The third kappa shape index (κ3) is 3.49. The fourth-order valence-electron chi connectivity index (χ4n) is 1.59. The number of hydrogen-bond donors (Lipinski definition) is 0. The first-order valence-electron chi connectivity index (χ1n) is 5.87. The van der Waals surface area contributed by atoms with Crippen molar-refractivity contribution in [2.75, 3.05) is 6.61 Å². The molecule has 6 heteroatoms. The molecule has 0 radical (unpaired) electrons. The first kappa shape index (κ1) is 13.4. The average molecular weight is 284 g/mol. The lowest BCUT2D eigenvalue weighted by atomic mass is 10.3. The molecule has 0 aliphatic rings. The highest BCUT2D eigenvalue weighted by Gasteiger charge is 2.11. The summed E-state index contributed by atoms with van der Waals surface area (Å²) in [5.41, 5.74) is 1.06. The molecule has 2 rings (SSSR count). The summed E-state index contributed by atoms with van der Waals surface area (Å²) in [4.78, 5) is 16.8. The van der Waals surface area contributed by atoms with E-state index in [2.05, 4.69) is 4.98 Å². The van der Waals surface area contributed by atoms with Gasteiger partial charge in [0.25, 0.3) is 0 Å². The Hall–Kier alpha value is -1.01. The van der Waals surface area contributed by atoms with E-state index in [1.165, 1.54) is 0 Å². The van der Waals surface area contributed by atoms with E-state index in [0.717, 1.165) is 16.4 Å². The van der Waals surface area contributed by atoms with Gasteiger partial charge in [-0.2, -0.15) is 11.8 Å². The van der Waals surface area contributed by atoms with E-state index in [1.807, 2.05) is 36.0 Å². The first-order valence-corrected chi connectivity index (χ1v) is 7.80. The van der Waals surface area contributed by atoms with Crippen molar-refractivity contribution in [2.45, 2.75) is 31.3 Å². The summed E-state index contributed by atoms with van der Waals surface area (Å²) in [6, 6.07) is 0. The van der Waals surface area contributed by atoms with Gasteiger partial charge in [-0.15, -0.1) is 11.3 Å².